The van der Waals surface area contributed by atoms with Gasteiger partial charge in [0.2, 0.25) is 0 Å². The Morgan fingerprint density at radius 1 is 1.26 bits per heavy atom. The van der Waals surface area contributed by atoms with Gasteiger partial charge in [0, 0.05) is 30.1 Å². The van der Waals surface area contributed by atoms with Crippen LogP contribution in [0.5, 0.6) is 0 Å². The van der Waals surface area contributed by atoms with Gasteiger partial charge in [0.05, 0.1) is 6.20 Å². The van der Waals surface area contributed by atoms with Gasteiger partial charge < -0.3 is 5.32 Å². The molecule has 0 fully saturated rings. The molecule has 2 rings (SSSR count). The first kappa shape index (κ1) is 13.1. The van der Waals surface area contributed by atoms with E-state index in [0.29, 0.717) is 11.6 Å². The Labute approximate surface area is 111 Å². The second kappa shape index (κ2) is 5.51. The van der Waals surface area contributed by atoms with Gasteiger partial charge in [0.1, 0.15) is 17.3 Å². The normalized spacial score (nSPS) is 10.5. The molecule has 0 unspecified atom stereocenters. The van der Waals surface area contributed by atoms with Gasteiger partial charge in [-0.1, -0.05) is 13.8 Å². The van der Waals surface area contributed by atoms with Gasteiger partial charge in [-0.05, 0) is 6.92 Å². The fourth-order valence-corrected chi connectivity index (χ4v) is 1.51. The number of aryl methyl sites for hydroxylation is 1. The van der Waals surface area contributed by atoms with Crippen LogP contribution in [0, 0.1) is 6.92 Å². The highest BCUT2D eigenvalue weighted by Gasteiger charge is 2.11. The summed E-state index contributed by atoms with van der Waals surface area (Å²) in [4.78, 5) is 28.4. The molecule has 6 heteroatoms. The molecule has 0 aromatic carbocycles. The van der Waals surface area contributed by atoms with Gasteiger partial charge in [-0.2, -0.15) is 0 Å². The first-order valence-electron chi connectivity index (χ1n) is 5.99. The van der Waals surface area contributed by atoms with Crippen molar-refractivity contribution in [3.05, 3.63) is 41.9 Å². The number of anilines is 1. The lowest BCUT2D eigenvalue weighted by Gasteiger charge is -2.09. The number of hydrogen-bond donors (Lipinski definition) is 1. The molecule has 1 N–H and O–H groups in total. The molecule has 0 saturated carbocycles. The van der Waals surface area contributed by atoms with E-state index in [4.69, 9.17) is 0 Å². The van der Waals surface area contributed by atoms with Crippen LogP contribution in [-0.4, -0.2) is 25.8 Å². The largest absolute Gasteiger partial charge is 0.305 e. The number of nitrogens with zero attached hydrogens (tertiary/aromatic N) is 4. The Morgan fingerprint density at radius 3 is 2.68 bits per heavy atom. The molecule has 2 aromatic rings. The number of rotatable bonds is 3. The van der Waals surface area contributed by atoms with Crippen LogP contribution in [0.25, 0.3) is 0 Å². The van der Waals surface area contributed by atoms with Crippen molar-refractivity contribution in [3.8, 4) is 0 Å². The molecule has 0 saturated heterocycles. The van der Waals surface area contributed by atoms with E-state index in [1.54, 1.807) is 6.07 Å². The van der Waals surface area contributed by atoms with Crippen LogP contribution in [0.15, 0.2) is 24.7 Å². The number of hydrogen-bond acceptors (Lipinski definition) is 5. The molecule has 2 aromatic heterocycles. The predicted octanol–water partition coefficient (Wildman–Crippen LogP) is 1.95. The molecule has 98 valence electrons. The van der Waals surface area contributed by atoms with Crippen molar-refractivity contribution >= 4 is 11.7 Å². The molecule has 0 radical (unpaired) electrons. The zero-order chi connectivity index (χ0) is 13.8. The molecule has 1 amide bonds. The first-order chi connectivity index (χ1) is 9.06. The Balaban J connectivity index is 2.22. The molecule has 0 bridgehead atoms. The summed E-state index contributed by atoms with van der Waals surface area (Å²) in [6.45, 7) is 5.87. The molecular formula is C13H15N5O. The molecule has 0 aliphatic heterocycles. The summed E-state index contributed by atoms with van der Waals surface area (Å²) >= 11 is 0. The summed E-state index contributed by atoms with van der Waals surface area (Å²) in [5.74, 6) is 1.05. The summed E-state index contributed by atoms with van der Waals surface area (Å²) in [6, 6.07) is 1.72. The van der Waals surface area contributed by atoms with Gasteiger partial charge in [-0.25, -0.2) is 15.0 Å². The van der Waals surface area contributed by atoms with E-state index in [9.17, 15) is 4.79 Å². The molecule has 2 heterocycles. The van der Waals surface area contributed by atoms with Crippen molar-refractivity contribution in [2.75, 3.05) is 5.32 Å². The number of carbonyl (C=O) groups excluding carboxylic acids is 1. The van der Waals surface area contributed by atoms with Crippen LogP contribution < -0.4 is 5.32 Å². The monoisotopic (exact) mass is 257 g/mol. The predicted molar refractivity (Wildman–Crippen MR) is 70.8 cm³/mol. The number of carbonyl (C=O) groups is 1. The van der Waals surface area contributed by atoms with Crippen molar-refractivity contribution in [2.24, 2.45) is 0 Å². The smallest absolute Gasteiger partial charge is 0.277 e. The fourth-order valence-electron chi connectivity index (χ4n) is 1.51. The molecule has 0 aliphatic carbocycles. The molecule has 19 heavy (non-hydrogen) atoms. The van der Waals surface area contributed by atoms with Crippen LogP contribution in [0.3, 0.4) is 0 Å². The highest BCUT2D eigenvalue weighted by Crippen LogP contribution is 2.14. The summed E-state index contributed by atoms with van der Waals surface area (Å²) < 4.78 is 0. The minimum atomic E-state index is -0.332. The number of amides is 1. The average Bonchev–Trinajstić information content (AvgIpc) is 2.39. The third-order valence-corrected chi connectivity index (χ3v) is 2.43. The fraction of sp³-hybridized carbons (Fsp3) is 0.308. The minimum Gasteiger partial charge on any atom is -0.305 e. The van der Waals surface area contributed by atoms with Crippen LogP contribution in [-0.2, 0) is 0 Å². The summed E-state index contributed by atoms with van der Waals surface area (Å²) in [7, 11) is 0. The van der Waals surface area contributed by atoms with Crippen molar-refractivity contribution < 1.29 is 4.79 Å². The highest BCUT2D eigenvalue weighted by molar-refractivity contribution is 6.02. The van der Waals surface area contributed by atoms with E-state index in [1.165, 1.54) is 18.6 Å². The second-order valence-electron chi connectivity index (χ2n) is 4.45. The second-order valence-corrected chi connectivity index (χ2v) is 4.45. The lowest BCUT2D eigenvalue weighted by molar-refractivity contribution is 0.102. The number of aromatic nitrogens is 4. The van der Waals surface area contributed by atoms with Gasteiger partial charge in [-0.3, -0.25) is 9.78 Å². The maximum Gasteiger partial charge on any atom is 0.277 e. The van der Waals surface area contributed by atoms with E-state index in [0.717, 1.165) is 5.69 Å². The van der Waals surface area contributed by atoms with E-state index in [1.807, 2.05) is 20.8 Å². The highest BCUT2D eigenvalue weighted by atomic mass is 16.1. The van der Waals surface area contributed by atoms with Gasteiger partial charge in [-0.15, -0.1) is 0 Å². The standard InChI is InChI=1S/C13H15N5O/c1-8(2)12-16-9(3)6-11(17-12)18-13(19)10-7-14-4-5-15-10/h4-8H,1-3H3,(H,16,17,18,19). The topological polar surface area (TPSA) is 80.7 Å². The van der Waals surface area contributed by atoms with Crippen molar-refractivity contribution in [1.29, 1.82) is 0 Å². The minimum absolute atomic E-state index is 0.201. The van der Waals surface area contributed by atoms with E-state index in [-0.39, 0.29) is 17.5 Å². The van der Waals surface area contributed by atoms with Crippen molar-refractivity contribution in [1.82, 2.24) is 19.9 Å². The van der Waals surface area contributed by atoms with Crippen LogP contribution >= 0.6 is 0 Å². The molecule has 6 nitrogen and oxygen atoms in total. The maximum absolute atomic E-state index is 11.9. The van der Waals surface area contributed by atoms with Gasteiger partial charge in [0.15, 0.2) is 0 Å². The van der Waals surface area contributed by atoms with Crippen LogP contribution in [0.4, 0.5) is 5.82 Å². The Hall–Kier alpha value is -2.37. The third-order valence-electron chi connectivity index (χ3n) is 2.43. The lowest BCUT2D eigenvalue weighted by Crippen LogP contribution is -2.16. The molecule has 0 spiro atoms. The van der Waals surface area contributed by atoms with Gasteiger partial charge in [0.25, 0.3) is 5.91 Å². The van der Waals surface area contributed by atoms with E-state index < -0.39 is 0 Å². The molecular weight excluding hydrogens is 242 g/mol. The SMILES string of the molecule is Cc1cc(NC(=O)c2cnccn2)nc(C(C)C)n1. The van der Waals surface area contributed by atoms with E-state index >= 15 is 0 Å². The molecule has 0 atom stereocenters. The Morgan fingerprint density at radius 2 is 2.05 bits per heavy atom. The number of nitrogens with one attached hydrogen (secondary N) is 1. The van der Waals surface area contributed by atoms with Crippen LogP contribution in [0.2, 0.25) is 0 Å². The van der Waals surface area contributed by atoms with Crippen LogP contribution in [0.1, 0.15) is 41.8 Å². The zero-order valence-corrected chi connectivity index (χ0v) is 11.1. The van der Waals surface area contributed by atoms with Gasteiger partial charge >= 0.3 is 0 Å². The Kier molecular flexibility index (Phi) is 3.79. The summed E-state index contributed by atoms with van der Waals surface area (Å²) in [5.41, 5.74) is 1.07. The van der Waals surface area contributed by atoms with Crippen molar-refractivity contribution in [2.45, 2.75) is 26.7 Å². The molecule has 0 aliphatic rings. The third kappa shape index (κ3) is 3.31. The zero-order valence-electron chi connectivity index (χ0n) is 11.1. The maximum atomic E-state index is 11.9. The first-order valence-corrected chi connectivity index (χ1v) is 5.99. The summed E-state index contributed by atoms with van der Waals surface area (Å²) in [6.07, 6.45) is 4.40. The Bertz CT molecular complexity index is 583. The van der Waals surface area contributed by atoms with E-state index in [2.05, 4.69) is 25.3 Å². The average molecular weight is 257 g/mol. The quantitative estimate of drug-likeness (QED) is 0.908. The lowest BCUT2D eigenvalue weighted by atomic mass is 10.2. The summed E-state index contributed by atoms with van der Waals surface area (Å²) in [5, 5.41) is 2.70. The van der Waals surface area contributed by atoms with Crippen molar-refractivity contribution in [3.63, 3.8) is 0 Å².